The van der Waals surface area contributed by atoms with Gasteiger partial charge in [0.05, 0.1) is 0 Å². The monoisotopic (exact) mass is 288 g/mol. The second-order valence-electron chi connectivity index (χ2n) is 4.79. The number of aryl methyl sites for hydroxylation is 2. The molecule has 0 radical (unpaired) electrons. The molecule has 0 atom stereocenters. The number of carboxylic acids is 1. The Balaban J connectivity index is 2.42. The van der Waals surface area contributed by atoms with E-state index in [1.807, 2.05) is 32.9 Å². The first-order chi connectivity index (χ1) is 9.38. The Kier molecular flexibility index (Phi) is 3.95. The van der Waals surface area contributed by atoms with Crippen LogP contribution in [0.25, 0.3) is 11.6 Å². The lowest BCUT2D eigenvalue weighted by Gasteiger charge is -2.06. The average Bonchev–Trinajstić information content (AvgIpc) is 2.71. The van der Waals surface area contributed by atoms with Gasteiger partial charge in [-0.25, -0.2) is 4.79 Å². The van der Waals surface area contributed by atoms with E-state index in [0.29, 0.717) is 4.88 Å². The van der Waals surface area contributed by atoms with Gasteiger partial charge in [0.25, 0.3) is 0 Å². The third-order valence-electron chi connectivity index (χ3n) is 3.15. The van der Waals surface area contributed by atoms with Crippen LogP contribution in [0.5, 0.6) is 5.75 Å². The zero-order valence-corrected chi connectivity index (χ0v) is 12.4. The molecule has 0 amide bonds. The van der Waals surface area contributed by atoms with Gasteiger partial charge in [-0.1, -0.05) is 6.07 Å². The van der Waals surface area contributed by atoms with Crippen LogP contribution >= 0.6 is 11.3 Å². The van der Waals surface area contributed by atoms with Gasteiger partial charge in [-0.2, -0.15) is 0 Å². The number of phenols is 1. The molecule has 1 aromatic heterocycles. The van der Waals surface area contributed by atoms with Gasteiger partial charge in [-0.05, 0) is 67.3 Å². The first-order valence-corrected chi connectivity index (χ1v) is 7.02. The van der Waals surface area contributed by atoms with Crippen molar-refractivity contribution in [3.8, 4) is 5.75 Å². The van der Waals surface area contributed by atoms with Gasteiger partial charge in [0.15, 0.2) is 0 Å². The van der Waals surface area contributed by atoms with Crippen LogP contribution < -0.4 is 0 Å². The van der Waals surface area contributed by atoms with Crippen molar-refractivity contribution in [2.24, 2.45) is 0 Å². The van der Waals surface area contributed by atoms with Gasteiger partial charge in [0.1, 0.15) is 10.6 Å². The smallest absolute Gasteiger partial charge is 0.345 e. The van der Waals surface area contributed by atoms with Gasteiger partial charge in [0, 0.05) is 4.88 Å². The maximum atomic E-state index is 11.0. The van der Waals surface area contributed by atoms with Gasteiger partial charge in [-0.15, -0.1) is 11.3 Å². The summed E-state index contributed by atoms with van der Waals surface area (Å²) in [6, 6.07) is 6.94. The molecule has 4 heteroatoms. The zero-order chi connectivity index (χ0) is 14.9. The Labute approximate surface area is 121 Å². The summed E-state index contributed by atoms with van der Waals surface area (Å²) in [5.41, 5.74) is 4.05. The number of phenolic OH excluding ortho intramolecular Hbond substituents is 1. The van der Waals surface area contributed by atoms with Crippen LogP contribution in [0.4, 0.5) is 0 Å². The van der Waals surface area contributed by atoms with Crippen LogP contribution in [0.2, 0.25) is 0 Å². The predicted octanol–water partition coefficient (Wildman–Crippen LogP) is 4.33. The van der Waals surface area contributed by atoms with E-state index in [2.05, 4.69) is 0 Å². The molecule has 0 aliphatic heterocycles. The molecule has 0 bridgehead atoms. The molecular formula is C16H16O3S. The lowest BCUT2D eigenvalue weighted by molar-refractivity contribution is 0.0702. The molecule has 104 valence electrons. The molecule has 20 heavy (non-hydrogen) atoms. The fourth-order valence-corrected chi connectivity index (χ4v) is 3.13. The molecule has 3 nitrogen and oxygen atoms in total. The van der Waals surface area contributed by atoms with Crippen LogP contribution in [-0.2, 0) is 0 Å². The minimum atomic E-state index is -0.892. The van der Waals surface area contributed by atoms with Gasteiger partial charge >= 0.3 is 5.97 Å². The second kappa shape index (κ2) is 5.51. The summed E-state index contributed by atoms with van der Waals surface area (Å²) >= 11 is 1.27. The number of thiophene rings is 1. The normalized spacial score (nSPS) is 11.7. The quantitative estimate of drug-likeness (QED) is 0.883. The number of hydrogen-bond donors (Lipinski definition) is 2. The average molecular weight is 288 g/mol. The van der Waals surface area contributed by atoms with E-state index < -0.39 is 5.97 Å². The van der Waals surface area contributed by atoms with E-state index in [0.717, 1.165) is 27.1 Å². The molecule has 0 saturated heterocycles. The third kappa shape index (κ3) is 2.91. The molecule has 2 N–H and O–H groups in total. The summed E-state index contributed by atoms with van der Waals surface area (Å²) in [7, 11) is 0. The van der Waals surface area contributed by atoms with E-state index in [4.69, 9.17) is 5.11 Å². The molecular weight excluding hydrogens is 272 g/mol. The highest BCUT2D eigenvalue weighted by Gasteiger charge is 2.10. The summed E-state index contributed by atoms with van der Waals surface area (Å²) < 4.78 is 0. The fraction of sp³-hybridized carbons (Fsp3) is 0.188. The largest absolute Gasteiger partial charge is 0.508 e. The lowest BCUT2D eigenvalue weighted by atomic mass is 10.0. The van der Waals surface area contributed by atoms with Crippen molar-refractivity contribution in [3.63, 3.8) is 0 Å². The lowest BCUT2D eigenvalue weighted by Crippen LogP contribution is -1.89. The van der Waals surface area contributed by atoms with Crippen molar-refractivity contribution < 1.29 is 15.0 Å². The Morgan fingerprint density at radius 1 is 1.20 bits per heavy atom. The molecule has 0 aliphatic rings. The standard InChI is InChI=1S/C16H16O3S/c1-9-6-12(17)4-5-13(9)10(2)7-14-11(3)8-15(20-14)16(18)19/h4-8,17H,1-3H3,(H,18,19)/b10-7+. The zero-order valence-electron chi connectivity index (χ0n) is 11.6. The van der Waals surface area contributed by atoms with Crippen LogP contribution in [0.3, 0.4) is 0 Å². The Bertz CT molecular complexity index is 696. The van der Waals surface area contributed by atoms with Crippen molar-refractivity contribution in [3.05, 3.63) is 50.7 Å². The highest BCUT2D eigenvalue weighted by Crippen LogP contribution is 2.29. The number of rotatable bonds is 3. The summed E-state index contributed by atoms with van der Waals surface area (Å²) in [6.07, 6.45) is 1.99. The van der Waals surface area contributed by atoms with Crippen molar-refractivity contribution in [2.45, 2.75) is 20.8 Å². The highest BCUT2D eigenvalue weighted by molar-refractivity contribution is 7.15. The number of allylic oxidation sites excluding steroid dienone is 1. The van der Waals surface area contributed by atoms with Crippen molar-refractivity contribution in [2.75, 3.05) is 0 Å². The molecule has 2 aromatic rings. The van der Waals surface area contributed by atoms with E-state index >= 15 is 0 Å². The van der Waals surface area contributed by atoms with Crippen molar-refractivity contribution in [1.29, 1.82) is 0 Å². The Morgan fingerprint density at radius 2 is 1.90 bits per heavy atom. The number of carboxylic acid groups (broad SMARTS) is 1. The van der Waals surface area contributed by atoms with E-state index in [-0.39, 0.29) is 5.75 Å². The van der Waals surface area contributed by atoms with Crippen molar-refractivity contribution >= 4 is 29.0 Å². The second-order valence-corrected chi connectivity index (χ2v) is 5.87. The third-order valence-corrected chi connectivity index (χ3v) is 4.32. The topological polar surface area (TPSA) is 57.5 Å². The van der Waals surface area contributed by atoms with E-state index in [9.17, 15) is 9.90 Å². The first-order valence-electron chi connectivity index (χ1n) is 6.20. The van der Waals surface area contributed by atoms with Crippen LogP contribution in [0, 0.1) is 13.8 Å². The minimum Gasteiger partial charge on any atom is -0.508 e. The molecule has 0 aliphatic carbocycles. The number of hydrogen-bond acceptors (Lipinski definition) is 3. The SMILES string of the molecule is C/C(=C\c1sc(C(=O)O)cc1C)c1ccc(O)cc1C. The maximum absolute atomic E-state index is 11.0. The summed E-state index contributed by atoms with van der Waals surface area (Å²) in [5, 5.41) is 18.4. The number of carbonyl (C=O) groups is 1. The molecule has 0 unspecified atom stereocenters. The molecule has 1 aromatic carbocycles. The summed E-state index contributed by atoms with van der Waals surface area (Å²) in [5.74, 6) is -0.643. The molecule has 0 fully saturated rings. The highest BCUT2D eigenvalue weighted by atomic mass is 32.1. The summed E-state index contributed by atoms with van der Waals surface area (Å²) in [4.78, 5) is 12.3. The van der Waals surface area contributed by atoms with Gasteiger partial charge < -0.3 is 10.2 Å². The van der Waals surface area contributed by atoms with Gasteiger partial charge in [0.2, 0.25) is 0 Å². The molecule has 0 spiro atoms. The first kappa shape index (κ1) is 14.3. The van der Waals surface area contributed by atoms with Crippen LogP contribution in [-0.4, -0.2) is 16.2 Å². The van der Waals surface area contributed by atoms with Crippen LogP contribution in [0.1, 0.15) is 38.2 Å². The van der Waals surface area contributed by atoms with E-state index in [1.54, 1.807) is 18.2 Å². The fourth-order valence-electron chi connectivity index (χ4n) is 2.11. The van der Waals surface area contributed by atoms with Gasteiger partial charge in [-0.3, -0.25) is 0 Å². The Hall–Kier alpha value is -2.07. The number of benzene rings is 1. The van der Waals surface area contributed by atoms with Crippen molar-refractivity contribution in [1.82, 2.24) is 0 Å². The minimum absolute atomic E-state index is 0.250. The van der Waals surface area contributed by atoms with Crippen LogP contribution in [0.15, 0.2) is 24.3 Å². The maximum Gasteiger partial charge on any atom is 0.345 e. The molecule has 0 saturated carbocycles. The molecule has 2 rings (SSSR count). The number of aromatic hydroxyl groups is 1. The predicted molar refractivity (Wildman–Crippen MR) is 82.4 cm³/mol. The Morgan fingerprint density at radius 3 is 2.45 bits per heavy atom. The number of aromatic carboxylic acids is 1. The van der Waals surface area contributed by atoms with E-state index in [1.165, 1.54) is 11.3 Å². The molecule has 1 heterocycles. The summed E-state index contributed by atoms with van der Waals surface area (Å²) in [6.45, 7) is 5.83.